The fourth-order valence-corrected chi connectivity index (χ4v) is 4.01. The van der Waals surface area contributed by atoms with E-state index in [0.29, 0.717) is 46.1 Å². The number of hydrogen-bond donors (Lipinski definition) is 4. The number of nitriles is 1. The van der Waals surface area contributed by atoms with Crippen molar-refractivity contribution in [2.45, 2.75) is 45.7 Å². The molecule has 9 heteroatoms. The summed E-state index contributed by atoms with van der Waals surface area (Å²) in [5.74, 6) is -1.23. The Bertz CT molecular complexity index is 1410. The smallest absolute Gasteiger partial charge is 0.233 e. The summed E-state index contributed by atoms with van der Waals surface area (Å²) < 4.78 is 37.9. The van der Waals surface area contributed by atoms with Gasteiger partial charge in [-0.2, -0.15) is 9.65 Å². The van der Waals surface area contributed by atoms with Crippen molar-refractivity contribution in [1.82, 2.24) is 21.0 Å². The molecule has 1 atom stereocenters. The molecule has 1 saturated carbocycles. The van der Waals surface area contributed by atoms with Crippen LogP contribution in [0.5, 0.6) is 0 Å². The maximum atomic E-state index is 14.7. The van der Waals surface area contributed by atoms with Gasteiger partial charge in [0.2, 0.25) is 5.95 Å². The Morgan fingerprint density at radius 2 is 1.97 bits per heavy atom. The Hall–Kier alpha value is -3.90. The van der Waals surface area contributed by atoms with Crippen LogP contribution in [0.4, 0.5) is 20.2 Å². The number of halogens is 2. The predicted octanol–water partition coefficient (Wildman–Crippen LogP) is 5.32. The highest BCUT2D eigenvalue weighted by Gasteiger charge is 2.32. The first-order valence-electron chi connectivity index (χ1n) is 12.4. The number of pyridine rings is 1. The van der Waals surface area contributed by atoms with Crippen molar-refractivity contribution < 1.29 is 10.2 Å². The van der Waals surface area contributed by atoms with Crippen molar-refractivity contribution in [1.29, 1.82) is 5.26 Å². The zero-order chi connectivity index (χ0) is 26.4. The normalized spacial score (nSPS) is 17.6. The van der Waals surface area contributed by atoms with Crippen molar-refractivity contribution in [2.24, 2.45) is 5.41 Å². The zero-order valence-electron chi connectivity index (χ0n) is 21.4. The molecule has 4 N–H and O–H groups in total. The lowest BCUT2D eigenvalue weighted by Crippen LogP contribution is -2.38. The molecule has 0 saturated heterocycles. The van der Waals surface area contributed by atoms with E-state index in [1.807, 2.05) is 38.0 Å². The van der Waals surface area contributed by atoms with Gasteiger partial charge in [-0.1, -0.05) is 32.9 Å². The lowest BCUT2D eigenvalue weighted by molar-refractivity contribution is 0.260. The summed E-state index contributed by atoms with van der Waals surface area (Å²) in [5.41, 5.74) is 8.26. The second kappa shape index (κ2) is 9.28. The molecule has 0 spiro atoms. The number of rotatable bonds is 7. The Balaban J connectivity index is 1.58. The number of anilines is 2. The molecule has 186 valence electrons. The van der Waals surface area contributed by atoms with Crippen LogP contribution in [0.1, 0.15) is 52.1 Å². The fraction of sp³-hybridized carbons (Fsp3) is 0.333. The first kappa shape index (κ1) is 22.6. The lowest BCUT2D eigenvalue weighted by Gasteiger charge is -2.23. The molecule has 2 heterocycles. The third-order valence-electron chi connectivity index (χ3n) is 6.05. The van der Waals surface area contributed by atoms with Crippen molar-refractivity contribution in [3.05, 3.63) is 77.3 Å². The number of nitrogens with zero attached hydrogens (tertiary/aromatic N) is 3. The SMILES string of the molecule is [2H]C(Nc1ccc2nc(F)c(C#N)c(NCC(C)(C)C)c2c1)(C1=CN(C2CC2)NN1)c1ccc(F)cc1. The minimum absolute atomic E-state index is 0.116. The number of nitrogens with one attached hydrogen (secondary N) is 4. The second-order valence-electron chi connectivity index (χ2n) is 10.3. The number of aromatic nitrogens is 1. The van der Waals surface area contributed by atoms with Gasteiger partial charge in [0, 0.05) is 29.9 Å². The minimum Gasteiger partial charge on any atom is -0.383 e. The fourth-order valence-electron chi connectivity index (χ4n) is 4.01. The van der Waals surface area contributed by atoms with Crippen LogP contribution in [-0.4, -0.2) is 22.6 Å². The Kier molecular flexibility index (Phi) is 5.82. The van der Waals surface area contributed by atoms with E-state index in [4.69, 9.17) is 0 Å². The van der Waals surface area contributed by atoms with Crippen molar-refractivity contribution in [3.63, 3.8) is 0 Å². The maximum absolute atomic E-state index is 14.7. The highest BCUT2D eigenvalue weighted by molar-refractivity contribution is 5.96. The summed E-state index contributed by atoms with van der Waals surface area (Å²) in [6.45, 7) is 6.63. The quantitative estimate of drug-likeness (QED) is 0.333. The van der Waals surface area contributed by atoms with Crippen LogP contribution in [0.25, 0.3) is 10.9 Å². The molecule has 1 aliphatic carbocycles. The van der Waals surface area contributed by atoms with E-state index in [2.05, 4.69) is 26.6 Å². The van der Waals surface area contributed by atoms with Crippen LogP contribution < -0.4 is 21.6 Å². The van der Waals surface area contributed by atoms with E-state index in [1.54, 1.807) is 30.3 Å². The molecule has 5 rings (SSSR count). The van der Waals surface area contributed by atoms with Crippen molar-refractivity contribution >= 4 is 22.3 Å². The highest BCUT2D eigenvalue weighted by atomic mass is 19.1. The van der Waals surface area contributed by atoms with E-state index >= 15 is 0 Å². The lowest BCUT2D eigenvalue weighted by atomic mass is 9.96. The standard InChI is InChI=1S/C27H29F2N7/c1-27(2,3)15-31-25-20-12-18(8-11-22(20)33-26(29)21(25)13-30)32-24(16-4-6-17(28)7-5-16)23-14-36(35-34-23)19-9-10-19/h4-8,11-12,14,19,24,32,34-35H,9-10,15H2,1-3H3,(H,31,33)/i24D. The van der Waals surface area contributed by atoms with Gasteiger partial charge in [0.15, 0.2) is 0 Å². The third kappa shape index (κ3) is 5.04. The van der Waals surface area contributed by atoms with E-state index < -0.39 is 17.8 Å². The Morgan fingerprint density at radius 3 is 2.64 bits per heavy atom. The van der Waals surface area contributed by atoms with Crippen LogP contribution in [0.15, 0.2) is 54.4 Å². The van der Waals surface area contributed by atoms with Crippen LogP contribution in [0.3, 0.4) is 0 Å². The first-order valence-corrected chi connectivity index (χ1v) is 11.9. The van der Waals surface area contributed by atoms with Crippen LogP contribution >= 0.6 is 0 Å². The molecule has 3 aromatic rings. The number of fused-ring (bicyclic) bond motifs is 1. The molecule has 1 aromatic heterocycles. The summed E-state index contributed by atoms with van der Waals surface area (Å²) in [7, 11) is 0. The van der Waals surface area contributed by atoms with Crippen molar-refractivity contribution in [3.8, 4) is 6.07 Å². The van der Waals surface area contributed by atoms with Gasteiger partial charge in [-0.25, -0.2) is 9.37 Å². The van der Waals surface area contributed by atoms with E-state index in [-0.39, 0.29) is 11.0 Å². The monoisotopic (exact) mass is 490 g/mol. The van der Waals surface area contributed by atoms with Gasteiger partial charge in [-0.3, -0.25) is 5.01 Å². The number of hydrazine groups is 2. The van der Waals surface area contributed by atoms with Gasteiger partial charge in [0.25, 0.3) is 0 Å². The van der Waals surface area contributed by atoms with Gasteiger partial charge in [-0.05, 0) is 54.2 Å². The molecular formula is C27H29F2N7. The molecule has 2 aromatic carbocycles. The predicted molar refractivity (Wildman–Crippen MR) is 136 cm³/mol. The van der Waals surface area contributed by atoms with E-state index in [0.717, 1.165) is 12.8 Å². The summed E-state index contributed by atoms with van der Waals surface area (Å²) in [4.78, 5) is 3.98. The number of hydrogen-bond acceptors (Lipinski definition) is 7. The van der Waals surface area contributed by atoms with E-state index in [1.165, 1.54) is 12.1 Å². The molecule has 1 fully saturated rings. The van der Waals surface area contributed by atoms with Gasteiger partial charge in [0.05, 0.1) is 24.3 Å². The second-order valence-corrected chi connectivity index (χ2v) is 10.3. The molecule has 2 aliphatic rings. The van der Waals surface area contributed by atoms with Gasteiger partial charge >= 0.3 is 0 Å². The zero-order valence-corrected chi connectivity index (χ0v) is 20.4. The van der Waals surface area contributed by atoms with Crippen molar-refractivity contribution in [2.75, 3.05) is 17.2 Å². The van der Waals surface area contributed by atoms with Crippen LogP contribution in [0, 0.1) is 28.5 Å². The largest absolute Gasteiger partial charge is 0.383 e. The molecule has 0 radical (unpaired) electrons. The first-order chi connectivity index (χ1) is 17.6. The summed E-state index contributed by atoms with van der Waals surface area (Å²) in [5, 5.41) is 18.7. The van der Waals surface area contributed by atoms with E-state index in [9.17, 15) is 15.4 Å². The van der Waals surface area contributed by atoms with Gasteiger partial charge in [-0.15, -0.1) is 5.53 Å². The highest BCUT2D eigenvalue weighted by Crippen LogP contribution is 2.35. The molecule has 1 aliphatic heterocycles. The van der Waals surface area contributed by atoms with Gasteiger partial charge < -0.3 is 16.1 Å². The molecule has 1 unspecified atom stereocenters. The van der Waals surface area contributed by atoms with Crippen LogP contribution in [0.2, 0.25) is 0 Å². The Morgan fingerprint density at radius 1 is 1.22 bits per heavy atom. The van der Waals surface area contributed by atoms with Crippen LogP contribution in [-0.2, 0) is 0 Å². The summed E-state index contributed by atoms with van der Waals surface area (Å²) in [6, 6.07) is 11.7. The third-order valence-corrected chi connectivity index (χ3v) is 6.05. The van der Waals surface area contributed by atoms with Gasteiger partial charge in [0.1, 0.15) is 17.4 Å². The Labute approximate surface area is 210 Å². The average molecular weight is 491 g/mol. The molecule has 7 nitrogen and oxygen atoms in total. The maximum Gasteiger partial charge on any atom is 0.233 e. The minimum atomic E-state index is -1.51. The average Bonchev–Trinajstić information content (AvgIpc) is 3.58. The summed E-state index contributed by atoms with van der Waals surface area (Å²) >= 11 is 0. The summed E-state index contributed by atoms with van der Waals surface area (Å²) in [6.07, 6.45) is 3.98. The topological polar surface area (TPSA) is 88.0 Å². The molecule has 36 heavy (non-hydrogen) atoms. The molecular weight excluding hydrogens is 460 g/mol. The molecule has 0 bridgehead atoms. The molecule has 0 amide bonds. The number of benzene rings is 2.